The molecule has 2 aromatic rings. The molecular formula is C17H23N7O2S2. The molecule has 2 aromatic heterocycles. The fourth-order valence-corrected chi connectivity index (χ4v) is 5.19. The predicted octanol–water partition coefficient (Wildman–Crippen LogP) is 2.36. The lowest BCUT2D eigenvalue weighted by atomic mass is 10.2. The summed E-state index contributed by atoms with van der Waals surface area (Å²) in [6, 6.07) is 0.0991. The van der Waals surface area contributed by atoms with Crippen LogP contribution in [0.2, 0.25) is 0 Å². The van der Waals surface area contributed by atoms with Crippen molar-refractivity contribution in [2.75, 3.05) is 23.7 Å². The van der Waals surface area contributed by atoms with Crippen LogP contribution in [0.25, 0.3) is 0 Å². The van der Waals surface area contributed by atoms with E-state index < -0.39 is 0 Å². The molecule has 3 heterocycles. The molecule has 1 aliphatic carbocycles. The average molecular weight is 422 g/mol. The number of carbonyl (C=O) groups excluding carboxylic acids is 2. The standard InChI is InChI=1S/C17H23N7O2S2/c1-10-22-23-17(27-10)20-14(25)9-24-7-6-12-13(8-24)28-16(19-12)21-15(26)18-11-4-2-3-5-11/h11H,2-9H2,1H3,(H,20,23,25)(H2,18,19,21,26). The third-order valence-electron chi connectivity index (χ3n) is 4.86. The van der Waals surface area contributed by atoms with Gasteiger partial charge in [-0.25, -0.2) is 9.78 Å². The fraction of sp³-hybridized carbons (Fsp3) is 0.588. The van der Waals surface area contributed by atoms with E-state index in [0.717, 1.165) is 41.4 Å². The molecule has 11 heteroatoms. The number of hydrogen-bond acceptors (Lipinski definition) is 8. The molecule has 4 rings (SSSR count). The molecule has 150 valence electrons. The van der Waals surface area contributed by atoms with Gasteiger partial charge in [0.1, 0.15) is 5.01 Å². The minimum atomic E-state index is -0.179. The molecule has 0 spiro atoms. The van der Waals surface area contributed by atoms with Crippen molar-refractivity contribution >= 4 is 44.9 Å². The maximum atomic E-state index is 12.2. The highest BCUT2D eigenvalue weighted by Gasteiger charge is 2.24. The van der Waals surface area contributed by atoms with Crippen LogP contribution in [0.4, 0.5) is 15.1 Å². The Balaban J connectivity index is 1.28. The second-order valence-corrected chi connectivity index (χ2v) is 9.37. The van der Waals surface area contributed by atoms with E-state index in [0.29, 0.717) is 23.4 Å². The molecule has 1 aliphatic heterocycles. The van der Waals surface area contributed by atoms with Crippen molar-refractivity contribution in [3.63, 3.8) is 0 Å². The maximum Gasteiger partial charge on any atom is 0.321 e. The van der Waals surface area contributed by atoms with E-state index in [9.17, 15) is 9.59 Å². The lowest BCUT2D eigenvalue weighted by molar-refractivity contribution is -0.117. The van der Waals surface area contributed by atoms with Gasteiger partial charge in [-0.3, -0.25) is 20.3 Å². The molecule has 28 heavy (non-hydrogen) atoms. The van der Waals surface area contributed by atoms with Crippen molar-refractivity contribution in [3.8, 4) is 0 Å². The van der Waals surface area contributed by atoms with Crippen molar-refractivity contribution in [2.45, 2.75) is 51.6 Å². The lowest BCUT2D eigenvalue weighted by Gasteiger charge is -2.24. The van der Waals surface area contributed by atoms with Gasteiger partial charge < -0.3 is 5.32 Å². The Morgan fingerprint density at radius 1 is 1.14 bits per heavy atom. The first-order chi connectivity index (χ1) is 13.5. The largest absolute Gasteiger partial charge is 0.335 e. The van der Waals surface area contributed by atoms with Crippen LogP contribution < -0.4 is 16.0 Å². The van der Waals surface area contributed by atoms with Crippen LogP contribution in [0, 0.1) is 6.92 Å². The van der Waals surface area contributed by atoms with Gasteiger partial charge in [0.05, 0.1) is 12.2 Å². The first-order valence-electron chi connectivity index (χ1n) is 9.43. The van der Waals surface area contributed by atoms with Crippen molar-refractivity contribution < 1.29 is 9.59 Å². The normalized spacial score (nSPS) is 17.3. The molecule has 0 radical (unpaired) electrons. The van der Waals surface area contributed by atoms with E-state index in [1.807, 2.05) is 6.92 Å². The molecule has 0 atom stereocenters. The van der Waals surface area contributed by atoms with E-state index in [1.165, 1.54) is 35.5 Å². The quantitative estimate of drug-likeness (QED) is 0.683. The number of carbonyl (C=O) groups is 2. The Morgan fingerprint density at radius 2 is 1.96 bits per heavy atom. The van der Waals surface area contributed by atoms with Gasteiger partial charge in [-0.15, -0.1) is 21.5 Å². The van der Waals surface area contributed by atoms with Crippen LogP contribution in [0.5, 0.6) is 0 Å². The average Bonchev–Trinajstić information content (AvgIpc) is 3.36. The first-order valence-corrected chi connectivity index (χ1v) is 11.1. The monoisotopic (exact) mass is 421 g/mol. The highest BCUT2D eigenvalue weighted by Crippen LogP contribution is 2.28. The number of rotatable bonds is 5. The summed E-state index contributed by atoms with van der Waals surface area (Å²) in [4.78, 5) is 32.1. The third kappa shape index (κ3) is 4.83. The van der Waals surface area contributed by atoms with Gasteiger partial charge >= 0.3 is 6.03 Å². The summed E-state index contributed by atoms with van der Waals surface area (Å²) in [5.74, 6) is -0.0987. The summed E-state index contributed by atoms with van der Waals surface area (Å²) >= 11 is 2.84. The van der Waals surface area contributed by atoms with Crippen LogP contribution in [0.3, 0.4) is 0 Å². The molecule has 3 N–H and O–H groups in total. The Bertz CT molecular complexity index is 860. The summed E-state index contributed by atoms with van der Waals surface area (Å²) in [7, 11) is 0. The number of fused-ring (bicyclic) bond motifs is 1. The van der Waals surface area contributed by atoms with E-state index in [2.05, 4.69) is 36.0 Å². The minimum Gasteiger partial charge on any atom is -0.335 e. The predicted molar refractivity (Wildman–Crippen MR) is 109 cm³/mol. The summed E-state index contributed by atoms with van der Waals surface area (Å²) < 4.78 is 0. The summed E-state index contributed by atoms with van der Waals surface area (Å²) in [5.41, 5.74) is 1.01. The van der Waals surface area contributed by atoms with Gasteiger partial charge in [-0.05, 0) is 19.8 Å². The van der Waals surface area contributed by atoms with Gasteiger partial charge in [0, 0.05) is 30.4 Å². The number of anilines is 2. The van der Waals surface area contributed by atoms with Crippen LogP contribution in [-0.2, 0) is 17.8 Å². The lowest BCUT2D eigenvalue weighted by Crippen LogP contribution is -2.36. The van der Waals surface area contributed by atoms with Crippen molar-refractivity contribution in [2.24, 2.45) is 0 Å². The molecule has 1 fully saturated rings. The van der Waals surface area contributed by atoms with Crippen molar-refractivity contribution in [1.82, 2.24) is 25.4 Å². The number of nitrogens with one attached hydrogen (secondary N) is 3. The molecule has 0 saturated heterocycles. The third-order valence-corrected chi connectivity index (χ3v) is 6.61. The van der Waals surface area contributed by atoms with E-state index in [4.69, 9.17) is 0 Å². The van der Waals surface area contributed by atoms with Gasteiger partial charge in [0.15, 0.2) is 5.13 Å². The van der Waals surface area contributed by atoms with E-state index in [-0.39, 0.29) is 18.0 Å². The highest BCUT2D eigenvalue weighted by atomic mass is 32.1. The van der Waals surface area contributed by atoms with Gasteiger partial charge in [-0.1, -0.05) is 24.2 Å². The number of thiazole rings is 1. The molecule has 0 unspecified atom stereocenters. The maximum absolute atomic E-state index is 12.2. The van der Waals surface area contributed by atoms with Gasteiger partial charge in [0.25, 0.3) is 0 Å². The van der Waals surface area contributed by atoms with Crippen molar-refractivity contribution in [3.05, 3.63) is 15.6 Å². The Morgan fingerprint density at radius 3 is 2.71 bits per heavy atom. The number of urea groups is 1. The number of amides is 3. The van der Waals surface area contributed by atoms with E-state index >= 15 is 0 Å². The highest BCUT2D eigenvalue weighted by molar-refractivity contribution is 7.16. The molecule has 3 amide bonds. The van der Waals surface area contributed by atoms with Crippen LogP contribution in [-0.4, -0.2) is 51.2 Å². The van der Waals surface area contributed by atoms with E-state index in [1.54, 1.807) is 0 Å². The number of hydrogen-bond donors (Lipinski definition) is 3. The molecule has 9 nitrogen and oxygen atoms in total. The zero-order chi connectivity index (χ0) is 19.5. The smallest absolute Gasteiger partial charge is 0.321 e. The Hall–Kier alpha value is -2.11. The zero-order valence-corrected chi connectivity index (χ0v) is 17.3. The molecule has 1 saturated carbocycles. The first kappa shape index (κ1) is 19.2. The van der Waals surface area contributed by atoms with Gasteiger partial charge in [-0.2, -0.15) is 0 Å². The van der Waals surface area contributed by atoms with Crippen LogP contribution in [0.1, 0.15) is 41.3 Å². The summed E-state index contributed by atoms with van der Waals surface area (Å²) in [6.45, 7) is 3.55. The summed E-state index contributed by atoms with van der Waals surface area (Å²) in [6.07, 6.45) is 5.23. The molecule has 0 bridgehead atoms. The second kappa shape index (κ2) is 8.50. The number of nitrogens with zero attached hydrogens (tertiary/aromatic N) is 4. The SMILES string of the molecule is Cc1nnc(NC(=O)CN2CCc3nc(NC(=O)NC4CCCC4)sc3C2)s1. The zero-order valence-electron chi connectivity index (χ0n) is 15.7. The second-order valence-electron chi connectivity index (χ2n) is 7.10. The fourth-order valence-electron chi connectivity index (χ4n) is 3.53. The van der Waals surface area contributed by atoms with Crippen LogP contribution in [0.15, 0.2) is 0 Å². The number of aromatic nitrogens is 3. The van der Waals surface area contributed by atoms with Crippen LogP contribution >= 0.6 is 22.7 Å². The Kier molecular flexibility index (Phi) is 5.83. The van der Waals surface area contributed by atoms with Gasteiger partial charge in [0.2, 0.25) is 11.0 Å². The van der Waals surface area contributed by atoms with Crippen molar-refractivity contribution in [1.29, 1.82) is 0 Å². The molecule has 2 aliphatic rings. The summed E-state index contributed by atoms with van der Waals surface area (Å²) in [5, 5.41) is 18.4. The molecule has 0 aromatic carbocycles. The minimum absolute atomic E-state index is 0.0987. The topological polar surface area (TPSA) is 112 Å². The number of aryl methyl sites for hydroxylation is 1. The molecular weight excluding hydrogens is 398 g/mol. The Labute approximate surface area is 170 Å².